The van der Waals surface area contributed by atoms with Crippen LogP contribution in [0.1, 0.15) is 29.2 Å². The van der Waals surface area contributed by atoms with Gasteiger partial charge in [0, 0.05) is 0 Å². The van der Waals surface area contributed by atoms with Gasteiger partial charge in [0.2, 0.25) is 0 Å². The first-order valence-electron chi connectivity index (χ1n) is 5.14. The Bertz CT molecular complexity index is 428. The largest absolute Gasteiger partial charge is 0.416 e. The van der Waals surface area contributed by atoms with Crippen molar-refractivity contribution in [2.45, 2.75) is 24.9 Å². The predicted molar refractivity (Wildman–Crippen MR) is 56.2 cm³/mol. The zero-order valence-electron chi connectivity index (χ0n) is 9.52. The van der Waals surface area contributed by atoms with Crippen LogP contribution in [0.3, 0.4) is 0 Å². The third-order valence-corrected chi connectivity index (χ3v) is 2.38. The van der Waals surface area contributed by atoms with Crippen molar-refractivity contribution in [1.82, 2.24) is 0 Å². The average molecular weight is 284 g/mol. The molecule has 1 atom stereocenters. The van der Waals surface area contributed by atoms with Crippen LogP contribution in [-0.2, 0) is 12.4 Å². The minimum Gasteiger partial charge on any atom is -0.388 e. The highest BCUT2D eigenvalue weighted by Crippen LogP contribution is 2.37. The summed E-state index contributed by atoms with van der Waals surface area (Å²) in [4.78, 5) is 0. The van der Waals surface area contributed by atoms with Crippen LogP contribution in [0, 0.1) is 0 Å². The molecule has 0 bridgehead atoms. The molecule has 7 heteroatoms. The molecule has 1 N–H and O–H groups in total. The van der Waals surface area contributed by atoms with Gasteiger partial charge in [-0.1, -0.05) is 6.08 Å². The van der Waals surface area contributed by atoms with E-state index in [0.29, 0.717) is 12.1 Å². The number of hydrogen-bond acceptors (Lipinski definition) is 1. The van der Waals surface area contributed by atoms with E-state index in [0.717, 1.165) is 0 Å². The molecule has 1 rings (SSSR count). The third kappa shape index (κ3) is 3.99. The minimum absolute atomic E-state index is 0.0180. The van der Waals surface area contributed by atoms with E-state index >= 15 is 0 Å². The molecule has 0 aromatic heterocycles. The fraction of sp³-hybridized carbons (Fsp3) is 0.333. The first-order chi connectivity index (χ1) is 8.55. The smallest absolute Gasteiger partial charge is 0.388 e. The lowest BCUT2D eigenvalue weighted by Crippen LogP contribution is -2.12. The zero-order chi connectivity index (χ0) is 14.8. The molecule has 19 heavy (non-hydrogen) atoms. The SMILES string of the molecule is C=CCC(O)c1cc(C(F)(F)F)cc(C(F)(F)F)c1. The van der Waals surface area contributed by atoms with Gasteiger partial charge in [0.15, 0.2) is 0 Å². The Morgan fingerprint density at radius 3 is 1.74 bits per heavy atom. The maximum absolute atomic E-state index is 12.5. The molecule has 1 nitrogen and oxygen atoms in total. The van der Waals surface area contributed by atoms with Crippen LogP contribution in [0.15, 0.2) is 30.9 Å². The fourth-order valence-electron chi connectivity index (χ4n) is 1.47. The second kappa shape index (κ2) is 5.24. The monoisotopic (exact) mass is 284 g/mol. The summed E-state index contributed by atoms with van der Waals surface area (Å²) in [5.41, 5.74) is -3.33. The molecule has 0 heterocycles. The molecule has 0 aliphatic carbocycles. The molecule has 0 aliphatic heterocycles. The Morgan fingerprint density at radius 1 is 1.00 bits per heavy atom. The van der Waals surface area contributed by atoms with Crippen LogP contribution in [0.2, 0.25) is 0 Å². The first kappa shape index (κ1) is 15.6. The highest BCUT2D eigenvalue weighted by atomic mass is 19.4. The molecule has 1 unspecified atom stereocenters. The third-order valence-electron chi connectivity index (χ3n) is 2.38. The summed E-state index contributed by atoms with van der Waals surface area (Å²) in [6, 6.07) is 1.02. The van der Waals surface area contributed by atoms with Crippen molar-refractivity contribution in [2.75, 3.05) is 0 Å². The summed E-state index contributed by atoms with van der Waals surface area (Å²) in [5, 5.41) is 9.49. The number of hydrogen-bond donors (Lipinski definition) is 1. The second-order valence-corrected chi connectivity index (χ2v) is 3.88. The first-order valence-corrected chi connectivity index (χ1v) is 5.14. The summed E-state index contributed by atoms with van der Waals surface area (Å²) < 4.78 is 75.1. The molecule has 1 aromatic carbocycles. The van der Waals surface area contributed by atoms with E-state index in [9.17, 15) is 31.4 Å². The summed E-state index contributed by atoms with van der Waals surface area (Å²) in [5.74, 6) is 0. The molecule has 0 saturated carbocycles. The van der Waals surface area contributed by atoms with E-state index in [1.54, 1.807) is 0 Å². The van der Waals surface area contributed by atoms with Gasteiger partial charge in [-0.2, -0.15) is 26.3 Å². The lowest BCUT2D eigenvalue weighted by molar-refractivity contribution is -0.143. The van der Waals surface area contributed by atoms with Crippen LogP contribution >= 0.6 is 0 Å². The van der Waals surface area contributed by atoms with E-state index < -0.39 is 35.1 Å². The van der Waals surface area contributed by atoms with Gasteiger partial charge in [-0.3, -0.25) is 0 Å². The molecule has 0 amide bonds. The van der Waals surface area contributed by atoms with E-state index in [1.165, 1.54) is 6.08 Å². The van der Waals surface area contributed by atoms with Crippen molar-refractivity contribution in [1.29, 1.82) is 0 Å². The summed E-state index contributed by atoms with van der Waals surface area (Å²) >= 11 is 0. The number of aliphatic hydroxyl groups excluding tert-OH is 1. The van der Waals surface area contributed by atoms with Gasteiger partial charge in [0.25, 0.3) is 0 Å². The molecule has 0 saturated heterocycles. The van der Waals surface area contributed by atoms with Crippen LogP contribution < -0.4 is 0 Å². The quantitative estimate of drug-likeness (QED) is 0.647. The zero-order valence-corrected chi connectivity index (χ0v) is 9.52. The molecule has 0 spiro atoms. The van der Waals surface area contributed by atoms with Crippen LogP contribution in [0.5, 0.6) is 0 Å². The van der Waals surface area contributed by atoms with Crippen molar-refractivity contribution in [3.05, 3.63) is 47.5 Å². The lowest BCUT2D eigenvalue weighted by Gasteiger charge is -2.16. The van der Waals surface area contributed by atoms with E-state index in [2.05, 4.69) is 6.58 Å². The molecule has 0 aliphatic rings. The van der Waals surface area contributed by atoms with Crippen LogP contribution in [0.25, 0.3) is 0 Å². The molecule has 106 valence electrons. The van der Waals surface area contributed by atoms with Gasteiger partial charge >= 0.3 is 12.4 Å². The van der Waals surface area contributed by atoms with Gasteiger partial charge < -0.3 is 5.11 Å². The maximum Gasteiger partial charge on any atom is 0.416 e. The molecule has 0 radical (unpaired) electrons. The molecular weight excluding hydrogens is 274 g/mol. The van der Waals surface area contributed by atoms with Crippen LogP contribution in [-0.4, -0.2) is 5.11 Å². The maximum atomic E-state index is 12.5. The summed E-state index contributed by atoms with van der Waals surface area (Å²) in [6.45, 7) is 3.26. The molecule has 1 aromatic rings. The highest BCUT2D eigenvalue weighted by molar-refractivity contribution is 5.34. The van der Waals surface area contributed by atoms with Gasteiger partial charge in [0.05, 0.1) is 17.2 Å². The lowest BCUT2D eigenvalue weighted by atomic mass is 9.99. The van der Waals surface area contributed by atoms with E-state index in [-0.39, 0.29) is 12.5 Å². The Hall–Kier alpha value is -1.50. The van der Waals surface area contributed by atoms with Gasteiger partial charge in [-0.05, 0) is 30.2 Å². The molecule has 0 fully saturated rings. The van der Waals surface area contributed by atoms with Crippen molar-refractivity contribution in [2.24, 2.45) is 0 Å². The normalized spacial score (nSPS) is 14.3. The van der Waals surface area contributed by atoms with E-state index in [1.807, 2.05) is 0 Å². The van der Waals surface area contributed by atoms with Crippen LogP contribution in [0.4, 0.5) is 26.3 Å². The summed E-state index contributed by atoms with van der Waals surface area (Å²) in [7, 11) is 0. The Kier molecular flexibility index (Phi) is 4.29. The van der Waals surface area contributed by atoms with Crippen molar-refractivity contribution >= 4 is 0 Å². The van der Waals surface area contributed by atoms with Crippen molar-refractivity contribution in [3.8, 4) is 0 Å². The number of aliphatic hydroxyl groups is 1. The highest BCUT2D eigenvalue weighted by Gasteiger charge is 2.37. The van der Waals surface area contributed by atoms with Crippen molar-refractivity contribution in [3.63, 3.8) is 0 Å². The number of alkyl halides is 6. The minimum atomic E-state index is -4.91. The van der Waals surface area contributed by atoms with Gasteiger partial charge in [0.1, 0.15) is 0 Å². The number of benzene rings is 1. The number of rotatable bonds is 3. The van der Waals surface area contributed by atoms with Gasteiger partial charge in [-0.25, -0.2) is 0 Å². The number of halogens is 6. The standard InChI is InChI=1S/C12H10F6O/c1-2-3-10(19)7-4-8(11(13,14)15)6-9(5-7)12(16,17)18/h2,4-6,10,19H,1,3H2. The average Bonchev–Trinajstić information content (AvgIpc) is 2.26. The Morgan fingerprint density at radius 2 is 1.42 bits per heavy atom. The second-order valence-electron chi connectivity index (χ2n) is 3.88. The van der Waals surface area contributed by atoms with Gasteiger partial charge in [-0.15, -0.1) is 6.58 Å². The van der Waals surface area contributed by atoms with E-state index in [4.69, 9.17) is 0 Å². The fourth-order valence-corrected chi connectivity index (χ4v) is 1.47. The topological polar surface area (TPSA) is 20.2 Å². The Balaban J connectivity index is 3.36. The van der Waals surface area contributed by atoms with Crippen molar-refractivity contribution < 1.29 is 31.4 Å². The Labute approximate surface area is 105 Å². The summed E-state index contributed by atoms with van der Waals surface area (Å²) in [6.07, 6.45) is -10.2. The predicted octanol–water partition coefficient (Wildman–Crippen LogP) is 4.33. The molecular formula is C12H10F6O.